The highest BCUT2D eigenvalue weighted by atomic mass is 35.5. The monoisotopic (exact) mass is 473 g/mol. The maximum absolute atomic E-state index is 12.2. The summed E-state index contributed by atoms with van der Waals surface area (Å²) in [6.07, 6.45) is 1.28. The number of fused-ring (bicyclic) bond motifs is 3. The first-order valence-corrected chi connectivity index (χ1v) is 11.8. The van der Waals surface area contributed by atoms with E-state index in [1.165, 1.54) is 7.11 Å². The predicted molar refractivity (Wildman–Crippen MR) is 125 cm³/mol. The molecule has 5 rings (SSSR count). The van der Waals surface area contributed by atoms with Gasteiger partial charge in [0, 0.05) is 21.0 Å². The summed E-state index contributed by atoms with van der Waals surface area (Å²) in [6.45, 7) is 3.95. The highest BCUT2D eigenvalue weighted by Crippen LogP contribution is 2.45. The van der Waals surface area contributed by atoms with Gasteiger partial charge in [0.15, 0.2) is 5.79 Å². The number of thiophene rings is 1. The van der Waals surface area contributed by atoms with Gasteiger partial charge in [-0.05, 0) is 31.4 Å². The summed E-state index contributed by atoms with van der Waals surface area (Å²) in [5.74, 6) is -0.265. The molecule has 1 aromatic carbocycles. The van der Waals surface area contributed by atoms with E-state index >= 15 is 0 Å². The van der Waals surface area contributed by atoms with Crippen molar-refractivity contribution in [2.24, 2.45) is 15.9 Å². The highest BCUT2D eigenvalue weighted by Gasteiger charge is 2.36. The number of methoxy groups -OCH3 is 1. The third-order valence-electron chi connectivity index (χ3n) is 5.99. The van der Waals surface area contributed by atoms with Gasteiger partial charge in [-0.1, -0.05) is 29.8 Å². The van der Waals surface area contributed by atoms with Crippen molar-refractivity contribution < 1.29 is 19.0 Å². The van der Waals surface area contributed by atoms with E-state index in [1.807, 2.05) is 31.2 Å². The number of nitrogens with one attached hydrogen (secondary N) is 1. The normalized spacial score (nSPS) is 21.3. The van der Waals surface area contributed by atoms with Gasteiger partial charge in [0.25, 0.3) is 0 Å². The Morgan fingerprint density at radius 1 is 1.31 bits per heavy atom. The van der Waals surface area contributed by atoms with E-state index in [9.17, 15) is 4.79 Å². The van der Waals surface area contributed by atoms with Crippen molar-refractivity contribution in [2.45, 2.75) is 25.6 Å². The number of carbonyl (C=O) groups is 1. The average molecular weight is 474 g/mol. The third-order valence-corrected chi connectivity index (χ3v) is 7.47. The molecule has 1 saturated heterocycles. The van der Waals surface area contributed by atoms with Gasteiger partial charge in [-0.25, -0.2) is 4.99 Å². The van der Waals surface area contributed by atoms with Crippen LogP contribution in [-0.2, 0) is 31.8 Å². The van der Waals surface area contributed by atoms with Crippen LogP contribution in [0.3, 0.4) is 0 Å². The zero-order valence-electron chi connectivity index (χ0n) is 17.9. The molecular weight excluding hydrogens is 450 g/mol. The molecule has 1 fully saturated rings. The van der Waals surface area contributed by atoms with Crippen molar-refractivity contribution in [2.75, 3.05) is 33.4 Å². The van der Waals surface area contributed by atoms with Crippen molar-refractivity contribution >= 4 is 45.5 Å². The Balaban J connectivity index is 1.52. The molecule has 0 radical (unpaired) electrons. The van der Waals surface area contributed by atoms with E-state index in [0.29, 0.717) is 44.2 Å². The van der Waals surface area contributed by atoms with Crippen molar-refractivity contribution in [3.8, 4) is 0 Å². The van der Waals surface area contributed by atoms with Crippen molar-refractivity contribution in [1.82, 2.24) is 5.32 Å². The van der Waals surface area contributed by atoms with E-state index in [0.717, 1.165) is 38.1 Å². The van der Waals surface area contributed by atoms with Crippen LogP contribution in [0.25, 0.3) is 0 Å². The first-order valence-electron chi connectivity index (χ1n) is 10.6. The minimum atomic E-state index is -0.669. The largest absolute Gasteiger partial charge is 0.469 e. The number of hydrogen-bond donors (Lipinski definition) is 1. The zero-order chi connectivity index (χ0) is 22.3. The average Bonchev–Trinajstić information content (AvgIpc) is 3.45. The van der Waals surface area contributed by atoms with Crippen LogP contribution in [0, 0.1) is 5.92 Å². The van der Waals surface area contributed by atoms with Crippen LogP contribution < -0.4 is 5.32 Å². The molecule has 0 bridgehead atoms. The van der Waals surface area contributed by atoms with Gasteiger partial charge in [0.1, 0.15) is 10.8 Å². The summed E-state index contributed by atoms with van der Waals surface area (Å²) >= 11 is 8.17. The summed E-state index contributed by atoms with van der Waals surface area (Å²) < 4.78 is 16.4. The number of halogens is 1. The summed E-state index contributed by atoms with van der Waals surface area (Å²) in [4.78, 5) is 23.2. The maximum atomic E-state index is 12.2. The number of hydrogen-bond acceptors (Lipinski definition) is 8. The van der Waals surface area contributed by atoms with Crippen LogP contribution in [0.2, 0.25) is 5.02 Å². The summed E-state index contributed by atoms with van der Waals surface area (Å²) in [7, 11) is 1.44. The minimum Gasteiger partial charge on any atom is -0.469 e. The molecule has 2 aromatic rings. The minimum absolute atomic E-state index is 0.166. The highest BCUT2D eigenvalue weighted by molar-refractivity contribution is 7.16. The molecule has 2 aliphatic heterocycles. The van der Waals surface area contributed by atoms with Gasteiger partial charge in [-0.15, -0.1) is 11.3 Å². The molecule has 0 amide bonds. The number of rotatable bonds is 4. The summed E-state index contributed by atoms with van der Waals surface area (Å²) in [5.41, 5.74) is 3.77. The fourth-order valence-corrected chi connectivity index (χ4v) is 5.89. The molecule has 1 aliphatic carbocycles. The van der Waals surface area contributed by atoms with Crippen LogP contribution in [0.5, 0.6) is 0 Å². The molecule has 9 heteroatoms. The van der Waals surface area contributed by atoms with Crippen LogP contribution in [-0.4, -0.2) is 56.7 Å². The molecule has 168 valence electrons. The summed E-state index contributed by atoms with van der Waals surface area (Å²) in [6, 6.07) is 7.69. The van der Waals surface area contributed by atoms with E-state index in [4.69, 9.17) is 35.8 Å². The standard InChI is InChI=1S/C23H24ClN3O4S/c1-23(30-7-8-31-23)12-26-18-11-25-20(14-5-3-4-6-16(14)24)19-15-9-13(22(28)29-2)10-17(15)32-21(19)27-18/h3-6,13H,7-12H2,1-2H3,(H,26,27). The SMILES string of the molecule is COC(=O)C1Cc2sc3c(c2C1)C(c1ccccc1Cl)=NCC(NCC1(C)OCCO1)=N3. The number of nitrogens with zero attached hydrogens (tertiary/aromatic N) is 2. The van der Waals surface area contributed by atoms with Gasteiger partial charge < -0.3 is 19.5 Å². The van der Waals surface area contributed by atoms with E-state index < -0.39 is 5.79 Å². The number of ether oxygens (including phenoxy) is 3. The Morgan fingerprint density at radius 3 is 2.84 bits per heavy atom. The molecule has 1 unspecified atom stereocenters. The van der Waals surface area contributed by atoms with Crippen LogP contribution in [0.15, 0.2) is 34.3 Å². The van der Waals surface area contributed by atoms with Gasteiger partial charge >= 0.3 is 5.97 Å². The summed E-state index contributed by atoms with van der Waals surface area (Å²) in [5, 5.41) is 4.89. The first-order chi connectivity index (χ1) is 15.5. The molecule has 0 spiro atoms. The van der Waals surface area contributed by atoms with Crippen molar-refractivity contribution in [1.29, 1.82) is 0 Å². The third kappa shape index (κ3) is 3.96. The van der Waals surface area contributed by atoms with Crippen LogP contribution >= 0.6 is 22.9 Å². The predicted octanol–water partition coefficient (Wildman–Crippen LogP) is 3.52. The number of carbonyl (C=O) groups excluding carboxylic acids is 1. The van der Waals surface area contributed by atoms with Gasteiger partial charge in [-0.2, -0.15) is 0 Å². The first kappa shape index (κ1) is 21.6. The van der Waals surface area contributed by atoms with E-state index in [-0.39, 0.29) is 11.9 Å². The zero-order valence-corrected chi connectivity index (χ0v) is 19.5. The lowest BCUT2D eigenvalue weighted by Crippen LogP contribution is -2.42. The van der Waals surface area contributed by atoms with Gasteiger partial charge in [0.05, 0.1) is 45.0 Å². The van der Waals surface area contributed by atoms with E-state index in [2.05, 4.69) is 5.32 Å². The lowest BCUT2D eigenvalue weighted by Gasteiger charge is -2.23. The van der Waals surface area contributed by atoms with Crippen molar-refractivity contribution in [3.63, 3.8) is 0 Å². The Hall–Kier alpha value is -2.26. The van der Waals surface area contributed by atoms with Crippen LogP contribution in [0.1, 0.15) is 28.5 Å². The molecule has 0 saturated carbocycles. The van der Waals surface area contributed by atoms with Crippen molar-refractivity contribution in [3.05, 3.63) is 50.9 Å². The van der Waals surface area contributed by atoms with Gasteiger partial charge in [-0.3, -0.25) is 9.79 Å². The molecular formula is C23H24ClN3O4S. The Morgan fingerprint density at radius 2 is 2.09 bits per heavy atom. The van der Waals surface area contributed by atoms with E-state index in [1.54, 1.807) is 11.3 Å². The molecule has 7 nitrogen and oxygen atoms in total. The second kappa shape index (κ2) is 8.59. The lowest BCUT2D eigenvalue weighted by atomic mass is 9.98. The van der Waals surface area contributed by atoms with Crippen LogP contribution in [0.4, 0.5) is 5.00 Å². The lowest BCUT2D eigenvalue weighted by molar-refractivity contribution is -0.145. The Kier molecular flexibility index (Phi) is 5.79. The Labute approximate surface area is 195 Å². The fourth-order valence-electron chi connectivity index (χ4n) is 4.36. The molecule has 32 heavy (non-hydrogen) atoms. The molecule has 1 aromatic heterocycles. The quantitative estimate of drug-likeness (QED) is 0.687. The second-order valence-electron chi connectivity index (χ2n) is 8.20. The molecule has 1 N–H and O–H groups in total. The molecule has 3 heterocycles. The van der Waals surface area contributed by atoms with Gasteiger partial charge in [0.2, 0.25) is 0 Å². The Bertz CT molecular complexity index is 1120. The maximum Gasteiger partial charge on any atom is 0.309 e. The number of amidine groups is 1. The number of esters is 1. The topological polar surface area (TPSA) is 81.5 Å². The molecule has 1 atom stereocenters. The number of benzene rings is 1. The second-order valence-corrected chi connectivity index (χ2v) is 9.69. The molecule has 3 aliphatic rings. The smallest absolute Gasteiger partial charge is 0.309 e. The fraction of sp³-hybridized carbons (Fsp3) is 0.435. The number of aliphatic imine (C=N–C) groups is 2.